The van der Waals surface area contributed by atoms with Crippen molar-refractivity contribution in [2.75, 3.05) is 13.2 Å². The fourth-order valence-corrected chi connectivity index (χ4v) is 2.80. The second kappa shape index (κ2) is 8.56. The van der Waals surface area contributed by atoms with Gasteiger partial charge in [0.2, 0.25) is 0 Å². The first-order valence-electron chi connectivity index (χ1n) is 9.01. The number of nitrogens with zero attached hydrogens (tertiary/aromatic N) is 1. The van der Waals surface area contributed by atoms with Crippen molar-refractivity contribution in [1.82, 2.24) is 10.2 Å². The first-order chi connectivity index (χ1) is 13.5. The van der Waals surface area contributed by atoms with Crippen LogP contribution < -0.4 is 14.8 Å². The van der Waals surface area contributed by atoms with Crippen LogP contribution in [0.3, 0.4) is 0 Å². The summed E-state index contributed by atoms with van der Waals surface area (Å²) in [5.41, 5.74) is 1.31. The third kappa shape index (κ3) is 4.14. The Labute approximate surface area is 162 Å². The highest BCUT2D eigenvalue weighted by atomic mass is 19.1. The molecule has 0 aliphatic carbocycles. The maximum Gasteiger partial charge on any atom is 0.328 e. The molecule has 1 aliphatic heterocycles. The summed E-state index contributed by atoms with van der Waals surface area (Å²) >= 11 is 0. The van der Waals surface area contributed by atoms with Crippen LogP contribution in [0.4, 0.5) is 9.18 Å². The molecule has 0 unspecified atom stereocenters. The van der Waals surface area contributed by atoms with Crippen molar-refractivity contribution in [2.45, 2.75) is 20.5 Å². The highest BCUT2D eigenvalue weighted by Gasteiger charge is 2.32. The molecule has 0 radical (unpaired) electrons. The van der Waals surface area contributed by atoms with Crippen LogP contribution in [-0.4, -0.2) is 30.0 Å². The molecule has 2 aromatic carbocycles. The number of carbonyl (C=O) groups excluding carboxylic acids is 2. The lowest BCUT2D eigenvalue weighted by Crippen LogP contribution is -2.30. The average Bonchev–Trinajstić information content (AvgIpc) is 2.95. The predicted octanol–water partition coefficient (Wildman–Crippen LogP) is 3.72. The van der Waals surface area contributed by atoms with Crippen LogP contribution >= 0.6 is 0 Å². The number of hydrogen-bond acceptors (Lipinski definition) is 4. The third-order valence-electron chi connectivity index (χ3n) is 4.20. The van der Waals surface area contributed by atoms with Gasteiger partial charge in [-0.3, -0.25) is 9.69 Å². The molecule has 1 N–H and O–H groups in total. The van der Waals surface area contributed by atoms with Crippen LogP contribution in [0.2, 0.25) is 0 Å². The van der Waals surface area contributed by atoms with Crippen molar-refractivity contribution < 1.29 is 23.5 Å². The number of benzene rings is 2. The van der Waals surface area contributed by atoms with Gasteiger partial charge in [0.15, 0.2) is 11.5 Å². The number of rotatable bonds is 7. The van der Waals surface area contributed by atoms with E-state index < -0.39 is 6.03 Å². The lowest BCUT2D eigenvalue weighted by atomic mass is 10.1. The van der Waals surface area contributed by atoms with Gasteiger partial charge >= 0.3 is 6.03 Å². The van der Waals surface area contributed by atoms with Crippen molar-refractivity contribution in [2.24, 2.45) is 0 Å². The van der Waals surface area contributed by atoms with E-state index in [9.17, 15) is 14.0 Å². The van der Waals surface area contributed by atoms with Gasteiger partial charge < -0.3 is 14.8 Å². The van der Waals surface area contributed by atoms with Crippen LogP contribution in [0.25, 0.3) is 6.08 Å². The van der Waals surface area contributed by atoms with E-state index >= 15 is 0 Å². The monoisotopic (exact) mass is 384 g/mol. The molecule has 28 heavy (non-hydrogen) atoms. The van der Waals surface area contributed by atoms with E-state index in [2.05, 4.69) is 5.32 Å². The maximum absolute atomic E-state index is 13.8. The second-order valence-corrected chi connectivity index (χ2v) is 6.06. The Balaban J connectivity index is 1.81. The molecule has 0 spiro atoms. The molecule has 0 saturated carbocycles. The van der Waals surface area contributed by atoms with Crippen molar-refractivity contribution in [1.29, 1.82) is 0 Å². The number of urea groups is 1. The van der Waals surface area contributed by atoms with E-state index in [4.69, 9.17) is 9.47 Å². The second-order valence-electron chi connectivity index (χ2n) is 6.06. The Morgan fingerprint density at radius 1 is 1.07 bits per heavy atom. The van der Waals surface area contributed by atoms with E-state index in [1.54, 1.807) is 49.4 Å². The van der Waals surface area contributed by atoms with Gasteiger partial charge in [-0.05, 0) is 43.7 Å². The minimum atomic E-state index is -0.436. The molecule has 0 bridgehead atoms. The molecule has 0 aromatic heterocycles. The highest BCUT2D eigenvalue weighted by Crippen LogP contribution is 2.30. The SMILES string of the molecule is CCOc1cc(/C=C2/NC(=O)N(CC)C2=O)ccc1OCc1ccccc1F. The van der Waals surface area contributed by atoms with Gasteiger partial charge in [0.1, 0.15) is 18.1 Å². The Hall–Kier alpha value is -3.35. The summed E-state index contributed by atoms with van der Waals surface area (Å²) in [6, 6.07) is 11.1. The van der Waals surface area contributed by atoms with Crippen molar-refractivity contribution >= 4 is 18.0 Å². The Morgan fingerprint density at radius 2 is 1.86 bits per heavy atom. The quantitative estimate of drug-likeness (QED) is 0.584. The molecule has 3 amide bonds. The topological polar surface area (TPSA) is 67.9 Å². The Kier molecular flexibility index (Phi) is 5.93. The Morgan fingerprint density at radius 3 is 2.54 bits per heavy atom. The number of amides is 3. The van der Waals surface area contributed by atoms with Gasteiger partial charge in [-0.1, -0.05) is 24.3 Å². The molecule has 1 saturated heterocycles. The number of carbonyl (C=O) groups is 2. The fraction of sp³-hybridized carbons (Fsp3) is 0.238. The summed E-state index contributed by atoms with van der Waals surface area (Å²) in [6.45, 7) is 4.35. The maximum atomic E-state index is 13.8. The third-order valence-corrected chi connectivity index (χ3v) is 4.20. The van der Waals surface area contributed by atoms with Gasteiger partial charge in [-0.15, -0.1) is 0 Å². The van der Waals surface area contributed by atoms with E-state index in [-0.39, 0.29) is 24.0 Å². The molecule has 1 fully saturated rings. The van der Waals surface area contributed by atoms with Crippen molar-refractivity contribution in [3.63, 3.8) is 0 Å². The average molecular weight is 384 g/mol. The predicted molar refractivity (Wildman–Crippen MR) is 102 cm³/mol. The molecule has 6 nitrogen and oxygen atoms in total. The lowest BCUT2D eigenvalue weighted by Gasteiger charge is -2.13. The van der Waals surface area contributed by atoms with Gasteiger partial charge in [0.05, 0.1) is 6.61 Å². The molecule has 146 valence electrons. The van der Waals surface area contributed by atoms with Crippen molar-refractivity contribution in [3.05, 3.63) is 65.1 Å². The standard InChI is InChI=1S/C21H21FN2O4/c1-3-24-20(25)17(23-21(24)26)11-14-9-10-18(19(12-14)27-4-2)28-13-15-7-5-6-8-16(15)22/h5-12H,3-4,13H2,1-2H3,(H,23,26)/b17-11+. The molecule has 0 atom stereocenters. The fourth-order valence-electron chi connectivity index (χ4n) is 2.80. The van der Waals surface area contributed by atoms with E-state index in [1.807, 2.05) is 6.92 Å². The smallest absolute Gasteiger partial charge is 0.328 e. The summed E-state index contributed by atoms with van der Waals surface area (Å²) in [7, 11) is 0. The van der Waals surface area contributed by atoms with Gasteiger partial charge in [-0.25, -0.2) is 9.18 Å². The zero-order chi connectivity index (χ0) is 20.1. The summed E-state index contributed by atoms with van der Waals surface area (Å²) in [5.74, 6) is 0.227. The molecule has 7 heteroatoms. The number of ether oxygens (including phenoxy) is 2. The van der Waals surface area contributed by atoms with Gasteiger partial charge in [0.25, 0.3) is 5.91 Å². The van der Waals surface area contributed by atoms with E-state index in [0.717, 1.165) is 4.90 Å². The highest BCUT2D eigenvalue weighted by molar-refractivity contribution is 6.13. The van der Waals surface area contributed by atoms with E-state index in [1.165, 1.54) is 6.07 Å². The van der Waals surface area contributed by atoms with Crippen LogP contribution in [0, 0.1) is 5.82 Å². The lowest BCUT2D eigenvalue weighted by molar-refractivity contribution is -0.122. The summed E-state index contributed by atoms with van der Waals surface area (Å²) < 4.78 is 25.1. The molecule has 2 aromatic rings. The zero-order valence-electron chi connectivity index (χ0n) is 15.7. The zero-order valence-corrected chi connectivity index (χ0v) is 15.7. The first kappa shape index (κ1) is 19.4. The summed E-state index contributed by atoms with van der Waals surface area (Å²) in [4.78, 5) is 25.1. The molecular weight excluding hydrogens is 363 g/mol. The number of halogens is 1. The minimum absolute atomic E-state index is 0.0627. The number of hydrogen-bond donors (Lipinski definition) is 1. The number of nitrogens with one attached hydrogen (secondary N) is 1. The molecule has 1 aliphatic rings. The van der Waals surface area contributed by atoms with Crippen molar-refractivity contribution in [3.8, 4) is 11.5 Å². The number of likely N-dealkylation sites (N-methyl/N-ethyl adjacent to an activating group) is 1. The van der Waals surface area contributed by atoms with Crippen LogP contribution in [0.5, 0.6) is 11.5 Å². The first-order valence-corrected chi connectivity index (χ1v) is 9.01. The normalized spacial score (nSPS) is 15.1. The minimum Gasteiger partial charge on any atom is -0.490 e. The van der Waals surface area contributed by atoms with Crippen LogP contribution in [0.1, 0.15) is 25.0 Å². The molecule has 3 rings (SSSR count). The molecular formula is C21H21FN2O4. The van der Waals surface area contributed by atoms with Gasteiger partial charge in [0, 0.05) is 12.1 Å². The molecule has 1 heterocycles. The summed E-state index contributed by atoms with van der Waals surface area (Å²) in [5, 5.41) is 2.56. The Bertz CT molecular complexity index is 926. The van der Waals surface area contributed by atoms with Crippen LogP contribution in [-0.2, 0) is 11.4 Å². The number of imide groups is 1. The van der Waals surface area contributed by atoms with E-state index in [0.29, 0.717) is 35.8 Å². The van der Waals surface area contributed by atoms with Crippen LogP contribution in [0.15, 0.2) is 48.2 Å². The largest absolute Gasteiger partial charge is 0.490 e. The van der Waals surface area contributed by atoms with Gasteiger partial charge in [-0.2, -0.15) is 0 Å². The summed E-state index contributed by atoms with van der Waals surface area (Å²) in [6.07, 6.45) is 1.58.